The lowest BCUT2D eigenvalue weighted by Gasteiger charge is -2.28. The van der Waals surface area contributed by atoms with Crippen LogP contribution in [0.3, 0.4) is 0 Å². The van der Waals surface area contributed by atoms with Crippen LogP contribution in [0.1, 0.15) is 40.0 Å². The second-order valence-electron chi connectivity index (χ2n) is 5.99. The summed E-state index contributed by atoms with van der Waals surface area (Å²) in [5.74, 6) is -0.0546. The lowest BCUT2D eigenvalue weighted by molar-refractivity contribution is -0.134. The Labute approximate surface area is 149 Å². The molecule has 0 aliphatic carbocycles. The predicted molar refractivity (Wildman–Crippen MR) is 96.8 cm³/mol. The third-order valence-corrected chi connectivity index (χ3v) is 4.82. The van der Waals surface area contributed by atoms with Crippen molar-refractivity contribution in [3.05, 3.63) is 21.3 Å². The minimum Gasteiger partial charge on any atom is -0.338 e. The summed E-state index contributed by atoms with van der Waals surface area (Å²) >= 11 is 3.29. The summed E-state index contributed by atoms with van der Waals surface area (Å²) in [6, 6.07) is 0.154. The van der Waals surface area contributed by atoms with Crippen molar-refractivity contribution < 1.29 is 4.79 Å². The van der Waals surface area contributed by atoms with Crippen LogP contribution in [0.4, 0.5) is 0 Å². The molecule has 132 valence electrons. The number of rotatable bonds is 7. The van der Waals surface area contributed by atoms with Gasteiger partial charge in [0.15, 0.2) is 5.65 Å². The first-order valence-electron chi connectivity index (χ1n) is 8.27. The molecule has 1 atom stereocenters. The van der Waals surface area contributed by atoms with Crippen molar-refractivity contribution in [3.8, 4) is 0 Å². The quantitative estimate of drug-likeness (QED) is 0.718. The van der Waals surface area contributed by atoms with Crippen molar-refractivity contribution in [1.29, 1.82) is 0 Å². The van der Waals surface area contributed by atoms with E-state index in [1.54, 1.807) is 11.7 Å². The zero-order valence-electron chi connectivity index (χ0n) is 14.6. The molecule has 0 saturated heterocycles. The van der Waals surface area contributed by atoms with E-state index in [0.29, 0.717) is 22.2 Å². The van der Waals surface area contributed by atoms with Crippen LogP contribution in [0.5, 0.6) is 0 Å². The SMILES string of the molecule is CCCCN(C(=O)Cn1cnc2c(c(Br)nn2C)c1=O)C(C)CC. The van der Waals surface area contributed by atoms with Crippen molar-refractivity contribution in [2.24, 2.45) is 7.05 Å². The minimum atomic E-state index is -0.257. The number of carbonyl (C=O) groups excluding carboxylic acids is 1. The standard InChI is InChI=1S/C16H24BrN5O2/c1-5-7-8-22(11(3)6-2)12(23)9-21-10-18-15-13(16(21)24)14(17)19-20(15)4/h10-11H,5-9H2,1-4H3. The van der Waals surface area contributed by atoms with Gasteiger partial charge in [-0.05, 0) is 35.7 Å². The van der Waals surface area contributed by atoms with Gasteiger partial charge < -0.3 is 4.90 Å². The molecule has 0 aliphatic rings. The fraction of sp³-hybridized carbons (Fsp3) is 0.625. The van der Waals surface area contributed by atoms with Gasteiger partial charge in [0.2, 0.25) is 5.91 Å². The molecule has 24 heavy (non-hydrogen) atoms. The number of hydrogen-bond acceptors (Lipinski definition) is 4. The van der Waals surface area contributed by atoms with E-state index in [1.807, 2.05) is 11.8 Å². The Morgan fingerprint density at radius 1 is 1.42 bits per heavy atom. The molecule has 2 aromatic rings. The molecule has 2 rings (SSSR count). The first-order valence-corrected chi connectivity index (χ1v) is 9.07. The molecule has 0 fully saturated rings. The van der Waals surface area contributed by atoms with Crippen molar-refractivity contribution in [2.45, 2.75) is 52.6 Å². The van der Waals surface area contributed by atoms with Crippen LogP contribution in [-0.2, 0) is 18.4 Å². The molecule has 2 heterocycles. The summed E-state index contributed by atoms with van der Waals surface area (Å²) in [5.41, 5.74) is 0.244. The maximum Gasteiger partial charge on any atom is 0.266 e. The number of halogens is 1. The number of amides is 1. The van der Waals surface area contributed by atoms with Crippen LogP contribution >= 0.6 is 15.9 Å². The lowest BCUT2D eigenvalue weighted by Crippen LogP contribution is -2.42. The summed E-state index contributed by atoms with van der Waals surface area (Å²) in [7, 11) is 1.73. The van der Waals surface area contributed by atoms with Gasteiger partial charge in [0, 0.05) is 19.6 Å². The van der Waals surface area contributed by atoms with E-state index in [9.17, 15) is 9.59 Å². The van der Waals surface area contributed by atoms with E-state index in [-0.39, 0.29) is 24.1 Å². The maximum atomic E-state index is 12.7. The number of aromatic nitrogens is 4. The normalized spacial score (nSPS) is 12.5. The number of unbranched alkanes of at least 4 members (excludes halogenated alkanes) is 1. The lowest BCUT2D eigenvalue weighted by atomic mass is 10.2. The first kappa shape index (κ1) is 18.6. The molecule has 0 aliphatic heterocycles. The summed E-state index contributed by atoms with van der Waals surface area (Å²) in [4.78, 5) is 31.5. The third kappa shape index (κ3) is 3.68. The molecule has 0 spiro atoms. The van der Waals surface area contributed by atoms with Crippen LogP contribution in [0.15, 0.2) is 15.7 Å². The third-order valence-electron chi connectivity index (χ3n) is 4.27. The summed E-state index contributed by atoms with van der Waals surface area (Å²) in [6.45, 7) is 6.91. The van der Waals surface area contributed by atoms with Gasteiger partial charge in [-0.1, -0.05) is 20.3 Å². The van der Waals surface area contributed by atoms with Gasteiger partial charge in [-0.15, -0.1) is 0 Å². The fourth-order valence-corrected chi connectivity index (χ4v) is 3.21. The van der Waals surface area contributed by atoms with E-state index < -0.39 is 0 Å². The maximum absolute atomic E-state index is 12.7. The molecule has 0 radical (unpaired) electrons. The van der Waals surface area contributed by atoms with Crippen LogP contribution in [0, 0.1) is 0 Å². The van der Waals surface area contributed by atoms with Gasteiger partial charge in [0.05, 0.1) is 0 Å². The van der Waals surface area contributed by atoms with Crippen molar-refractivity contribution >= 4 is 32.9 Å². The van der Waals surface area contributed by atoms with Crippen LogP contribution in [0.25, 0.3) is 11.0 Å². The van der Waals surface area contributed by atoms with Gasteiger partial charge in [0.1, 0.15) is 22.9 Å². The van der Waals surface area contributed by atoms with E-state index in [1.165, 1.54) is 10.9 Å². The number of aryl methyl sites for hydroxylation is 1. The Balaban J connectivity index is 2.30. The molecule has 2 aromatic heterocycles. The van der Waals surface area contributed by atoms with Crippen molar-refractivity contribution in [1.82, 2.24) is 24.2 Å². The zero-order chi connectivity index (χ0) is 17.9. The second kappa shape index (κ2) is 7.92. The zero-order valence-corrected chi connectivity index (χ0v) is 16.2. The smallest absolute Gasteiger partial charge is 0.266 e. The van der Waals surface area contributed by atoms with Gasteiger partial charge in [-0.25, -0.2) is 9.67 Å². The molecule has 1 unspecified atom stereocenters. The average Bonchev–Trinajstić information content (AvgIpc) is 2.84. The molecule has 0 N–H and O–H groups in total. The van der Waals surface area contributed by atoms with E-state index in [0.717, 1.165) is 19.3 Å². The largest absolute Gasteiger partial charge is 0.338 e. The number of carbonyl (C=O) groups is 1. The minimum absolute atomic E-state index is 0.00282. The highest BCUT2D eigenvalue weighted by atomic mass is 79.9. The Morgan fingerprint density at radius 3 is 2.75 bits per heavy atom. The van der Waals surface area contributed by atoms with Crippen molar-refractivity contribution in [3.63, 3.8) is 0 Å². The number of hydrogen-bond donors (Lipinski definition) is 0. The average molecular weight is 398 g/mol. The fourth-order valence-electron chi connectivity index (χ4n) is 2.62. The highest BCUT2D eigenvalue weighted by Crippen LogP contribution is 2.16. The predicted octanol–water partition coefficient (Wildman–Crippen LogP) is 2.32. The van der Waals surface area contributed by atoms with Crippen molar-refractivity contribution in [2.75, 3.05) is 6.54 Å². The Kier molecular flexibility index (Phi) is 6.15. The van der Waals surface area contributed by atoms with Gasteiger partial charge >= 0.3 is 0 Å². The van der Waals surface area contributed by atoms with E-state index >= 15 is 0 Å². The second-order valence-corrected chi connectivity index (χ2v) is 6.74. The van der Waals surface area contributed by atoms with Gasteiger partial charge in [0.25, 0.3) is 5.56 Å². The first-order chi connectivity index (χ1) is 11.4. The Bertz CT molecular complexity index is 783. The highest BCUT2D eigenvalue weighted by molar-refractivity contribution is 9.10. The molecule has 7 nitrogen and oxygen atoms in total. The van der Waals surface area contributed by atoms with Gasteiger partial charge in [-0.2, -0.15) is 5.10 Å². The van der Waals surface area contributed by atoms with Crippen LogP contribution in [-0.4, -0.2) is 42.7 Å². The molecule has 0 saturated carbocycles. The molecule has 8 heteroatoms. The monoisotopic (exact) mass is 397 g/mol. The Hall–Kier alpha value is -1.70. The van der Waals surface area contributed by atoms with Crippen LogP contribution < -0.4 is 5.56 Å². The molecular weight excluding hydrogens is 374 g/mol. The summed E-state index contributed by atoms with van der Waals surface area (Å²) < 4.78 is 3.35. The highest BCUT2D eigenvalue weighted by Gasteiger charge is 2.20. The van der Waals surface area contributed by atoms with E-state index in [2.05, 4.69) is 39.9 Å². The number of fused-ring (bicyclic) bond motifs is 1. The molecule has 0 aromatic carbocycles. The molecule has 0 bridgehead atoms. The topological polar surface area (TPSA) is 73.0 Å². The van der Waals surface area contributed by atoms with Crippen LogP contribution in [0.2, 0.25) is 0 Å². The molecule has 1 amide bonds. The summed E-state index contributed by atoms with van der Waals surface area (Å²) in [6.07, 6.45) is 4.29. The summed E-state index contributed by atoms with van der Waals surface area (Å²) in [5, 5.41) is 4.55. The Morgan fingerprint density at radius 2 is 2.12 bits per heavy atom. The van der Waals surface area contributed by atoms with Gasteiger partial charge in [-0.3, -0.25) is 14.2 Å². The number of nitrogens with zero attached hydrogens (tertiary/aromatic N) is 5. The van der Waals surface area contributed by atoms with E-state index in [4.69, 9.17) is 0 Å². The molecular formula is C16H24BrN5O2.